The maximum atomic E-state index is 10.9. The van der Waals surface area contributed by atoms with Crippen molar-refractivity contribution >= 4 is 5.97 Å². The van der Waals surface area contributed by atoms with Crippen LogP contribution in [0.2, 0.25) is 0 Å². The van der Waals surface area contributed by atoms with Gasteiger partial charge in [0.05, 0.1) is 27.1 Å². The smallest absolute Gasteiger partial charge is 0.308 e. The van der Waals surface area contributed by atoms with Crippen molar-refractivity contribution in [3.05, 3.63) is 0 Å². The van der Waals surface area contributed by atoms with E-state index in [9.17, 15) is 4.79 Å². The number of ether oxygens (including phenoxy) is 2. The molecule has 108 valence electrons. The van der Waals surface area contributed by atoms with Crippen molar-refractivity contribution in [3.8, 4) is 6.07 Å². The van der Waals surface area contributed by atoms with E-state index < -0.39 is 24.9 Å². The van der Waals surface area contributed by atoms with Crippen LogP contribution in [0.4, 0.5) is 0 Å². The van der Waals surface area contributed by atoms with E-state index in [4.69, 9.17) is 16.8 Å². The van der Waals surface area contributed by atoms with Crippen molar-refractivity contribution < 1.29 is 25.9 Å². The summed E-state index contributed by atoms with van der Waals surface area (Å²) in [5.41, 5.74) is 0. The van der Waals surface area contributed by atoms with Gasteiger partial charge in [-0.25, -0.2) is 0 Å². The molecule has 2 fully saturated rings. The molecule has 1 aliphatic carbocycles. The molecule has 6 nitrogen and oxygen atoms in total. The lowest BCUT2D eigenvalue weighted by molar-refractivity contribution is -0.146. The summed E-state index contributed by atoms with van der Waals surface area (Å²) in [6, 6.07) is 1.62. The van der Waals surface area contributed by atoms with Crippen LogP contribution in [0, 0.1) is 17.2 Å². The molecule has 0 bridgehead atoms. The van der Waals surface area contributed by atoms with Gasteiger partial charge in [0.2, 0.25) is 0 Å². The zero-order valence-electron chi connectivity index (χ0n) is 12.0. The summed E-state index contributed by atoms with van der Waals surface area (Å²) in [6.07, 6.45) is 2.18. The Balaban J connectivity index is 0.000000200. The van der Waals surface area contributed by atoms with Crippen molar-refractivity contribution in [2.24, 2.45) is 5.92 Å². The first-order valence-electron chi connectivity index (χ1n) is 7.00. The van der Waals surface area contributed by atoms with Crippen molar-refractivity contribution in [3.63, 3.8) is 0 Å². The molecule has 2 N–H and O–H groups in total. The van der Waals surface area contributed by atoms with E-state index in [0.29, 0.717) is 0 Å². The number of rotatable bonds is 1. The molecule has 0 spiro atoms. The van der Waals surface area contributed by atoms with Gasteiger partial charge in [-0.15, -0.1) is 0 Å². The van der Waals surface area contributed by atoms with E-state index in [2.05, 4.69) is 9.47 Å². The fraction of sp³-hybridized carbons (Fsp3) is 0.846. The number of aliphatic hydroxyl groups excluding tert-OH is 2. The predicted octanol–water partition coefficient (Wildman–Crippen LogP) is 0.370. The maximum absolute atomic E-state index is 10.9. The average molecular weight is 272 g/mol. The van der Waals surface area contributed by atoms with E-state index >= 15 is 0 Å². The summed E-state index contributed by atoms with van der Waals surface area (Å²) in [6.45, 7) is -1.19. The minimum absolute atomic E-state index is 0.0142. The highest BCUT2D eigenvalue weighted by molar-refractivity contribution is 5.72. The summed E-state index contributed by atoms with van der Waals surface area (Å²) in [7, 11) is 1.47. The summed E-state index contributed by atoms with van der Waals surface area (Å²) in [5.74, 6) is 0.193. The fourth-order valence-corrected chi connectivity index (χ4v) is 2.12. The van der Waals surface area contributed by atoms with Crippen LogP contribution in [0.3, 0.4) is 0 Å². The minimum atomic E-state index is -1.26. The topological polar surface area (TPSA) is 99.8 Å². The van der Waals surface area contributed by atoms with Crippen molar-refractivity contribution in [2.75, 3.05) is 13.7 Å². The molecule has 2 rings (SSSR count). The van der Waals surface area contributed by atoms with Crippen LogP contribution in [-0.2, 0) is 14.3 Å². The Bertz CT molecular complexity index is 353. The largest absolute Gasteiger partial charge is 0.469 e. The number of hydrogen-bond acceptors (Lipinski definition) is 6. The SMILES string of the molecule is COC(=O)C1CCCCC1.[2H]C1OC(C#N)C(O)C1O. The Morgan fingerprint density at radius 1 is 1.42 bits per heavy atom. The summed E-state index contributed by atoms with van der Waals surface area (Å²) in [5, 5.41) is 26.0. The number of nitriles is 1. The van der Waals surface area contributed by atoms with Crippen LogP contribution in [0.1, 0.15) is 33.5 Å². The number of hydrogen-bond donors (Lipinski definition) is 2. The molecule has 4 unspecified atom stereocenters. The van der Waals surface area contributed by atoms with Gasteiger partial charge in [0.15, 0.2) is 6.10 Å². The highest BCUT2D eigenvalue weighted by Gasteiger charge is 2.34. The molecule has 0 aromatic carbocycles. The summed E-state index contributed by atoms with van der Waals surface area (Å²) >= 11 is 0. The van der Waals surface area contributed by atoms with Gasteiger partial charge in [0.25, 0.3) is 0 Å². The van der Waals surface area contributed by atoms with Gasteiger partial charge in [0, 0.05) is 0 Å². The van der Waals surface area contributed by atoms with Crippen LogP contribution >= 0.6 is 0 Å². The Morgan fingerprint density at radius 3 is 2.42 bits per heavy atom. The first-order chi connectivity index (χ1) is 9.51. The molecule has 1 heterocycles. The standard InChI is InChI=1S/C8H14O2.C5H7NO3/c1-10-8(9)7-5-3-2-4-6-7;6-1-4-5(8)3(7)2-9-4/h7H,2-6H2,1H3;3-5,7-8H,2H2/i;2D. The van der Waals surface area contributed by atoms with Crippen LogP contribution in [0.15, 0.2) is 0 Å². The van der Waals surface area contributed by atoms with Gasteiger partial charge in [-0.2, -0.15) is 5.26 Å². The number of carbonyl (C=O) groups is 1. The number of aliphatic hydroxyl groups is 2. The van der Waals surface area contributed by atoms with Crippen molar-refractivity contribution in [2.45, 2.75) is 50.4 Å². The second-order valence-electron chi connectivity index (χ2n) is 4.66. The van der Waals surface area contributed by atoms with Gasteiger partial charge in [-0.05, 0) is 12.8 Å². The molecule has 1 aliphatic heterocycles. The summed E-state index contributed by atoms with van der Waals surface area (Å²) in [4.78, 5) is 10.9. The fourth-order valence-electron chi connectivity index (χ4n) is 2.12. The molecule has 0 radical (unpaired) electrons. The van der Waals surface area contributed by atoms with Gasteiger partial charge in [-0.1, -0.05) is 19.3 Å². The molecule has 1 saturated heterocycles. The number of esters is 1. The van der Waals surface area contributed by atoms with Crippen LogP contribution < -0.4 is 0 Å². The van der Waals surface area contributed by atoms with Crippen molar-refractivity contribution in [1.82, 2.24) is 0 Å². The van der Waals surface area contributed by atoms with Crippen LogP contribution in [0.25, 0.3) is 0 Å². The first kappa shape index (κ1) is 14.3. The molecular weight excluding hydrogens is 250 g/mol. The van der Waals surface area contributed by atoms with Gasteiger partial charge in [-0.3, -0.25) is 4.79 Å². The van der Waals surface area contributed by atoms with E-state index in [1.165, 1.54) is 26.4 Å². The second kappa shape index (κ2) is 8.10. The Kier molecular flexibility index (Phi) is 6.08. The second-order valence-corrected chi connectivity index (χ2v) is 4.66. The maximum Gasteiger partial charge on any atom is 0.308 e. The molecule has 0 aromatic rings. The molecule has 6 heteroatoms. The molecule has 4 atom stereocenters. The third kappa shape index (κ3) is 4.78. The zero-order valence-corrected chi connectivity index (χ0v) is 11.0. The third-order valence-corrected chi connectivity index (χ3v) is 3.29. The van der Waals surface area contributed by atoms with Gasteiger partial charge < -0.3 is 19.7 Å². The van der Waals surface area contributed by atoms with Crippen LogP contribution in [-0.4, -0.2) is 48.2 Å². The third-order valence-electron chi connectivity index (χ3n) is 3.29. The Morgan fingerprint density at radius 2 is 2.05 bits per heavy atom. The molecule has 2 aliphatic rings. The number of methoxy groups -OCH3 is 1. The van der Waals surface area contributed by atoms with E-state index in [-0.39, 0.29) is 11.9 Å². The molecule has 0 aromatic heterocycles. The first-order valence-corrected chi connectivity index (χ1v) is 6.42. The minimum Gasteiger partial charge on any atom is -0.469 e. The molecule has 1 saturated carbocycles. The normalized spacial score (nSPS) is 35.6. The quantitative estimate of drug-likeness (QED) is 0.669. The monoisotopic (exact) mass is 272 g/mol. The van der Waals surface area contributed by atoms with Crippen molar-refractivity contribution in [1.29, 1.82) is 5.26 Å². The lowest BCUT2D eigenvalue weighted by Crippen LogP contribution is -2.28. The van der Waals surface area contributed by atoms with Gasteiger partial charge in [0.1, 0.15) is 12.2 Å². The molecular formula is C13H21NO5. The van der Waals surface area contributed by atoms with Crippen LogP contribution in [0.5, 0.6) is 0 Å². The Labute approximate surface area is 114 Å². The Hall–Kier alpha value is -1.16. The highest BCUT2D eigenvalue weighted by atomic mass is 16.5. The molecule has 19 heavy (non-hydrogen) atoms. The van der Waals surface area contributed by atoms with E-state index in [1.807, 2.05) is 0 Å². The highest BCUT2D eigenvalue weighted by Crippen LogP contribution is 2.24. The average Bonchev–Trinajstić information content (AvgIpc) is 2.75. The lowest BCUT2D eigenvalue weighted by Gasteiger charge is -2.18. The predicted molar refractivity (Wildman–Crippen MR) is 66.0 cm³/mol. The molecule has 0 amide bonds. The number of carbonyl (C=O) groups excluding carboxylic acids is 1. The van der Waals surface area contributed by atoms with E-state index in [1.54, 1.807) is 6.07 Å². The number of nitrogens with zero attached hydrogens (tertiary/aromatic N) is 1. The summed E-state index contributed by atoms with van der Waals surface area (Å²) < 4.78 is 16.1. The zero-order chi connectivity index (χ0) is 15.1. The lowest BCUT2D eigenvalue weighted by atomic mass is 9.89. The van der Waals surface area contributed by atoms with E-state index in [0.717, 1.165) is 12.8 Å². The van der Waals surface area contributed by atoms with Gasteiger partial charge >= 0.3 is 5.97 Å².